The maximum absolute atomic E-state index is 12.6. The number of ether oxygens (including phenoxy) is 1. The van der Waals surface area contributed by atoms with Crippen molar-refractivity contribution in [1.29, 1.82) is 5.26 Å². The summed E-state index contributed by atoms with van der Waals surface area (Å²) in [5.74, 6) is 0.605. The Balaban J connectivity index is 1.43. The fourth-order valence-corrected chi connectivity index (χ4v) is 3.17. The third-order valence-electron chi connectivity index (χ3n) is 4.80. The fraction of sp³-hybridized carbons (Fsp3) is 0.304. The van der Waals surface area contributed by atoms with Gasteiger partial charge in [0.05, 0.1) is 11.6 Å². The largest absolute Gasteiger partial charge is 0.481 e. The predicted octanol–water partition coefficient (Wildman–Crippen LogP) is 3.18. The molecule has 144 valence electrons. The zero-order valence-electron chi connectivity index (χ0n) is 16.1. The van der Waals surface area contributed by atoms with Crippen molar-refractivity contribution < 1.29 is 9.53 Å². The lowest BCUT2D eigenvalue weighted by atomic mass is 10.2. The van der Waals surface area contributed by atoms with Gasteiger partial charge in [-0.25, -0.2) is 0 Å². The Labute approximate surface area is 166 Å². The van der Waals surface area contributed by atoms with Crippen LogP contribution in [0.5, 0.6) is 5.75 Å². The number of carbonyl (C=O) groups excluding carboxylic acids is 1. The van der Waals surface area contributed by atoms with Gasteiger partial charge in [-0.1, -0.05) is 42.5 Å². The smallest absolute Gasteiger partial charge is 0.263 e. The Morgan fingerprint density at radius 3 is 2.43 bits per heavy atom. The number of rotatable bonds is 6. The van der Waals surface area contributed by atoms with E-state index in [0.717, 1.165) is 19.6 Å². The van der Waals surface area contributed by atoms with Crippen molar-refractivity contribution in [2.75, 3.05) is 32.7 Å². The molecule has 0 bridgehead atoms. The number of amides is 1. The van der Waals surface area contributed by atoms with E-state index in [1.165, 1.54) is 5.56 Å². The van der Waals surface area contributed by atoms with Gasteiger partial charge in [0.15, 0.2) is 6.10 Å². The molecule has 1 unspecified atom stereocenters. The van der Waals surface area contributed by atoms with Gasteiger partial charge < -0.3 is 9.64 Å². The highest BCUT2D eigenvalue weighted by atomic mass is 16.5. The summed E-state index contributed by atoms with van der Waals surface area (Å²) in [6.45, 7) is 5.78. The molecule has 3 rings (SSSR count). The first-order valence-electron chi connectivity index (χ1n) is 9.55. The summed E-state index contributed by atoms with van der Waals surface area (Å²) in [4.78, 5) is 16.9. The topological polar surface area (TPSA) is 56.6 Å². The van der Waals surface area contributed by atoms with Crippen molar-refractivity contribution in [2.24, 2.45) is 0 Å². The van der Waals surface area contributed by atoms with Crippen LogP contribution in [0.3, 0.4) is 0 Å². The number of piperazine rings is 1. The molecule has 1 saturated heterocycles. The van der Waals surface area contributed by atoms with Crippen LogP contribution in [0, 0.1) is 11.3 Å². The van der Waals surface area contributed by atoms with Gasteiger partial charge in [-0.3, -0.25) is 9.69 Å². The summed E-state index contributed by atoms with van der Waals surface area (Å²) in [6.07, 6.45) is 3.76. The normalized spacial score (nSPS) is 15.9. The van der Waals surface area contributed by atoms with E-state index in [9.17, 15) is 4.79 Å². The third-order valence-corrected chi connectivity index (χ3v) is 4.80. The van der Waals surface area contributed by atoms with Crippen LogP contribution in [0.15, 0.2) is 60.7 Å². The van der Waals surface area contributed by atoms with E-state index in [0.29, 0.717) is 24.4 Å². The zero-order chi connectivity index (χ0) is 19.8. The predicted molar refractivity (Wildman–Crippen MR) is 110 cm³/mol. The first kappa shape index (κ1) is 19.7. The summed E-state index contributed by atoms with van der Waals surface area (Å²) in [6, 6.07) is 19.1. The molecule has 1 aliphatic heterocycles. The number of hydrogen-bond donors (Lipinski definition) is 0. The average molecular weight is 375 g/mol. The van der Waals surface area contributed by atoms with Crippen molar-refractivity contribution in [2.45, 2.75) is 13.0 Å². The van der Waals surface area contributed by atoms with Crippen LogP contribution in [0.2, 0.25) is 0 Å². The van der Waals surface area contributed by atoms with Crippen molar-refractivity contribution in [3.63, 3.8) is 0 Å². The fourth-order valence-electron chi connectivity index (χ4n) is 3.17. The molecular weight excluding hydrogens is 350 g/mol. The molecule has 0 spiro atoms. The molecule has 0 saturated carbocycles. The maximum atomic E-state index is 12.6. The van der Waals surface area contributed by atoms with Gasteiger partial charge in [-0.05, 0) is 36.8 Å². The summed E-state index contributed by atoms with van der Waals surface area (Å²) in [5, 5.41) is 8.84. The molecule has 2 aromatic rings. The third kappa shape index (κ3) is 5.45. The molecule has 1 aliphatic rings. The van der Waals surface area contributed by atoms with Gasteiger partial charge in [0.25, 0.3) is 5.91 Å². The van der Waals surface area contributed by atoms with Crippen molar-refractivity contribution >= 4 is 12.0 Å². The number of nitrogens with zero attached hydrogens (tertiary/aromatic N) is 3. The minimum atomic E-state index is -0.544. The molecule has 2 aromatic carbocycles. The van der Waals surface area contributed by atoms with Crippen molar-refractivity contribution in [3.05, 3.63) is 71.8 Å². The maximum Gasteiger partial charge on any atom is 0.263 e. The molecule has 0 N–H and O–H groups in total. The van der Waals surface area contributed by atoms with Crippen LogP contribution in [0.1, 0.15) is 18.1 Å². The first-order valence-corrected chi connectivity index (χ1v) is 9.55. The minimum absolute atomic E-state index is 0.00355. The SMILES string of the molecule is CC(Oc1ccc(C#N)cc1)C(=O)N1CCN(C/C=C/c2ccccc2)CC1. The van der Waals surface area contributed by atoms with Gasteiger partial charge in [0, 0.05) is 32.7 Å². The lowest BCUT2D eigenvalue weighted by Crippen LogP contribution is -2.51. The van der Waals surface area contributed by atoms with Crippen LogP contribution in [-0.4, -0.2) is 54.5 Å². The molecule has 0 radical (unpaired) electrons. The van der Waals surface area contributed by atoms with Crippen molar-refractivity contribution in [3.8, 4) is 11.8 Å². The van der Waals surface area contributed by atoms with Crippen molar-refractivity contribution in [1.82, 2.24) is 9.80 Å². The number of hydrogen-bond acceptors (Lipinski definition) is 4. The zero-order valence-corrected chi connectivity index (χ0v) is 16.1. The first-order chi connectivity index (χ1) is 13.7. The van der Waals surface area contributed by atoms with E-state index in [1.54, 1.807) is 31.2 Å². The lowest BCUT2D eigenvalue weighted by molar-refractivity contribution is -0.139. The minimum Gasteiger partial charge on any atom is -0.481 e. The van der Waals surface area contributed by atoms with Crippen LogP contribution < -0.4 is 4.74 Å². The van der Waals surface area contributed by atoms with Crippen LogP contribution in [0.25, 0.3) is 6.08 Å². The molecule has 1 fully saturated rings. The molecule has 5 nitrogen and oxygen atoms in total. The highest BCUT2D eigenvalue weighted by Crippen LogP contribution is 2.15. The van der Waals surface area contributed by atoms with Gasteiger partial charge in [0.1, 0.15) is 5.75 Å². The second kappa shape index (κ2) is 9.72. The number of nitriles is 1. The highest BCUT2D eigenvalue weighted by molar-refractivity contribution is 5.81. The summed E-state index contributed by atoms with van der Waals surface area (Å²) < 4.78 is 5.74. The van der Waals surface area contributed by atoms with Gasteiger partial charge in [-0.2, -0.15) is 5.26 Å². The Morgan fingerprint density at radius 2 is 1.79 bits per heavy atom. The number of benzene rings is 2. The quantitative estimate of drug-likeness (QED) is 0.778. The molecule has 5 heteroatoms. The highest BCUT2D eigenvalue weighted by Gasteiger charge is 2.25. The monoisotopic (exact) mass is 375 g/mol. The van der Waals surface area contributed by atoms with Gasteiger partial charge in [-0.15, -0.1) is 0 Å². The van der Waals surface area contributed by atoms with E-state index in [-0.39, 0.29) is 5.91 Å². The summed E-state index contributed by atoms with van der Waals surface area (Å²) in [5.41, 5.74) is 1.77. The Bertz CT molecular complexity index is 832. The second-order valence-corrected chi connectivity index (χ2v) is 6.84. The van der Waals surface area contributed by atoms with Gasteiger partial charge in [0.2, 0.25) is 0 Å². The molecule has 0 aromatic heterocycles. The molecular formula is C23H25N3O2. The lowest BCUT2D eigenvalue weighted by Gasteiger charge is -2.35. The second-order valence-electron chi connectivity index (χ2n) is 6.84. The summed E-state index contributed by atoms with van der Waals surface area (Å²) in [7, 11) is 0. The van der Waals surface area contributed by atoms with E-state index < -0.39 is 6.10 Å². The summed E-state index contributed by atoms with van der Waals surface area (Å²) >= 11 is 0. The standard InChI is InChI=1S/C23H25N3O2/c1-19(28-22-11-9-21(18-24)10-12-22)23(27)26-16-14-25(15-17-26)13-5-8-20-6-3-2-4-7-20/h2-12,19H,13-17H2,1H3/b8-5+. The molecule has 0 aliphatic carbocycles. The molecule has 28 heavy (non-hydrogen) atoms. The molecule has 1 atom stereocenters. The molecule has 1 amide bonds. The molecule has 1 heterocycles. The number of carbonyl (C=O) groups is 1. The van der Waals surface area contributed by atoms with E-state index in [1.807, 2.05) is 23.1 Å². The van der Waals surface area contributed by atoms with Gasteiger partial charge >= 0.3 is 0 Å². The average Bonchev–Trinajstić information content (AvgIpc) is 2.75. The Morgan fingerprint density at radius 1 is 1.11 bits per heavy atom. The Hall–Kier alpha value is -3.10. The van der Waals surface area contributed by atoms with E-state index in [4.69, 9.17) is 10.00 Å². The van der Waals surface area contributed by atoms with Crippen LogP contribution >= 0.6 is 0 Å². The van der Waals surface area contributed by atoms with Crippen LogP contribution in [-0.2, 0) is 4.79 Å². The van der Waals surface area contributed by atoms with Crippen LogP contribution in [0.4, 0.5) is 0 Å². The Kier molecular flexibility index (Phi) is 6.83. The van der Waals surface area contributed by atoms with E-state index >= 15 is 0 Å². The van der Waals surface area contributed by atoms with E-state index in [2.05, 4.69) is 35.3 Å².